The van der Waals surface area contributed by atoms with Gasteiger partial charge in [0.05, 0.1) is 11.9 Å². The Morgan fingerprint density at radius 3 is 2.71 bits per heavy atom. The fourth-order valence-corrected chi connectivity index (χ4v) is 6.18. The van der Waals surface area contributed by atoms with Gasteiger partial charge in [-0.25, -0.2) is 8.42 Å². The number of rotatable bonds is 5. The molecule has 0 N–H and O–H groups in total. The molecule has 0 saturated carbocycles. The smallest absolute Gasteiger partial charge is 0.257 e. The SMILES string of the molecule is Cc1cccc(-c2nc(CC(=O)N3CCN(S(=O)(=O)c4cccc5cccnc45)C(C)C3)no2)c1. The van der Waals surface area contributed by atoms with Crippen molar-refractivity contribution in [2.45, 2.75) is 31.2 Å². The largest absolute Gasteiger partial charge is 0.339 e. The minimum absolute atomic E-state index is 0.0119. The van der Waals surface area contributed by atoms with Crippen molar-refractivity contribution in [2.24, 2.45) is 0 Å². The summed E-state index contributed by atoms with van der Waals surface area (Å²) in [5, 5.41) is 4.72. The Morgan fingerprint density at radius 2 is 1.91 bits per heavy atom. The van der Waals surface area contributed by atoms with E-state index in [1.165, 1.54) is 4.31 Å². The number of fused-ring (bicyclic) bond motifs is 1. The van der Waals surface area contributed by atoms with Gasteiger partial charge in [-0.3, -0.25) is 9.78 Å². The third kappa shape index (κ3) is 4.54. The molecule has 4 aromatic rings. The lowest BCUT2D eigenvalue weighted by Crippen LogP contribution is -2.55. The molecule has 1 aliphatic rings. The molecule has 0 aliphatic carbocycles. The van der Waals surface area contributed by atoms with Gasteiger partial charge in [-0.05, 0) is 38.1 Å². The van der Waals surface area contributed by atoms with Gasteiger partial charge in [0, 0.05) is 42.8 Å². The van der Waals surface area contributed by atoms with Crippen LogP contribution in [0.5, 0.6) is 0 Å². The summed E-state index contributed by atoms with van der Waals surface area (Å²) in [4.78, 5) is 23.4. The third-order valence-corrected chi connectivity index (χ3v) is 8.19. The summed E-state index contributed by atoms with van der Waals surface area (Å²) < 4.78 is 33.8. The lowest BCUT2D eigenvalue weighted by molar-refractivity contribution is -0.132. The van der Waals surface area contributed by atoms with Crippen LogP contribution in [0.4, 0.5) is 0 Å². The molecule has 3 heterocycles. The number of aromatic nitrogens is 3. The van der Waals surface area contributed by atoms with Crippen molar-refractivity contribution in [3.8, 4) is 11.5 Å². The van der Waals surface area contributed by atoms with Crippen LogP contribution < -0.4 is 0 Å². The fourth-order valence-electron chi connectivity index (χ4n) is 4.40. The van der Waals surface area contributed by atoms with E-state index in [9.17, 15) is 13.2 Å². The van der Waals surface area contributed by atoms with E-state index in [0.29, 0.717) is 17.2 Å². The standard InChI is InChI=1S/C25H25N5O4S/c1-17-6-3-8-20(14-17)25-27-22(28-34-25)15-23(31)29-12-13-30(18(2)16-29)35(32,33)21-10-4-7-19-9-5-11-26-24(19)21/h3-11,14,18H,12-13,15-16H2,1-2H3. The van der Waals surface area contributed by atoms with E-state index in [2.05, 4.69) is 15.1 Å². The van der Waals surface area contributed by atoms with Crippen LogP contribution in [0.3, 0.4) is 0 Å². The molecule has 5 rings (SSSR count). The normalized spacial score (nSPS) is 17.1. The molecule has 1 aliphatic heterocycles. The maximum atomic E-state index is 13.5. The van der Waals surface area contributed by atoms with E-state index >= 15 is 0 Å². The van der Waals surface area contributed by atoms with Gasteiger partial charge in [0.15, 0.2) is 5.82 Å². The van der Waals surface area contributed by atoms with E-state index in [1.54, 1.807) is 36.2 Å². The van der Waals surface area contributed by atoms with Gasteiger partial charge < -0.3 is 9.42 Å². The number of sulfonamides is 1. The van der Waals surface area contributed by atoms with Gasteiger partial charge in [-0.15, -0.1) is 0 Å². The number of nitrogens with zero attached hydrogens (tertiary/aromatic N) is 5. The second kappa shape index (κ2) is 9.20. The third-order valence-electron chi connectivity index (χ3n) is 6.14. The van der Waals surface area contributed by atoms with Gasteiger partial charge in [-0.1, -0.05) is 41.1 Å². The maximum absolute atomic E-state index is 13.5. The van der Waals surface area contributed by atoms with Gasteiger partial charge in [0.2, 0.25) is 15.9 Å². The molecule has 1 fully saturated rings. The average Bonchev–Trinajstić information content (AvgIpc) is 3.32. The molecule has 1 unspecified atom stereocenters. The molecule has 1 amide bonds. The first kappa shape index (κ1) is 23.1. The monoisotopic (exact) mass is 491 g/mol. The van der Waals surface area contributed by atoms with Crippen LogP contribution in [0, 0.1) is 6.92 Å². The zero-order valence-electron chi connectivity index (χ0n) is 19.5. The van der Waals surface area contributed by atoms with Crippen molar-refractivity contribution in [2.75, 3.05) is 19.6 Å². The number of piperazine rings is 1. The summed E-state index contributed by atoms with van der Waals surface area (Å²) in [6.45, 7) is 4.53. The Kier molecular flexibility index (Phi) is 6.08. The predicted molar refractivity (Wildman–Crippen MR) is 130 cm³/mol. The van der Waals surface area contributed by atoms with Crippen molar-refractivity contribution in [1.82, 2.24) is 24.3 Å². The van der Waals surface area contributed by atoms with Crippen LogP contribution in [0.1, 0.15) is 18.3 Å². The van der Waals surface area contributed by atoms with Crippen molar-refractivity contribution < 1.29 is 17.7 Å². The summed E-state index contributed by atoms with van der Waals surface area (Å²) in [6, 6.07) is 16.0. The number of aryl methyl sites for hydroxylation is 1. The highest BCUT2D eigenvalue weighted by Crippen LogP contribution is 2.27. The first-order chi connectivity index (χ1) is 16.8. The molecule has 2 aromatic carbocycles. The molecular weight excluding hydrogens is 466 g/mol. The number of hydrogen-bond acceptors (Lipinski definition) is 7. The van der Waals surface area contributed by atoms with Crippen LogP contribution in [0.2, 0.25) is 0 Å². The van der Waals surface area contributed by atoms with Gasteiger partial charge in [-0.2, -0.15) is 9.29 Å². The average molecular weight is 492 g/mol. The molecule has 1 saturated heterocycles. The fraction of sp³-hybridized carbons (Fsp3) is 0.280. The summed E-state index contributed by atoms with van der Waals surface area (Å²) in [7, 11) is -3.78. The van der Waals surface area contributed by atoms with Crippen LogP contribution in [0.25, 0.3) is 22.4 Å². The topological polar surface area (TPSA) is 110 Å². The summed E-state index contributed by atoms with van der Waals surface area (Å²) >= 11 is 0. The zero-order valence-corrected chi connectivity index (χ0v) is 20.3. The summed E-state index contributed by atoms with van der Waals surface area (Å²) in [6.07, 6.45) is 1.58. The number of hydrogen-bond donors (Lipinski definition) is 0. The number of benzene rings is 2. The molecule has 2 aromatic heterocycles. The van der Waals surface area contributed by atoms with Crippen LogP contribution >= 0.6 is 0 Å². The highest BCUT2D eigenvalue weighted by atomic mass is 32.2. The van der Waals surface area contributed by atoms with E-state index in [1.807, 2.05) is 43.3 Å². The first-order valence-electron chi connectivity index (χ1n) is 11.4. The highest BCUT2D eigenvalue weighted by Gasteiger charge is 2.36. The molecule has 0 radical (unpaired) electrons. The highest BCUT2D eigenvalue weighted by molar-refractivity contribution is 7.89. The Balaban J connectivity index is 1.28. The van der Waals surface area contributed by atoms with Crippen molar-refractivity contribution >= 4 is 26.8 Å². The Bertz CT molecular complexity index is 1500. The van der Waals surface area contributed by atoms with Gasteiger partial charge >= 0.3 is 0 Å². The van der Waals surface area contributed by atoms with E-state index in [4.69, 9.17) is 4.52 Å². The number of pyridine rings is 1. The number of carbonyl (C=O) groups excluding carboxylic acids is 1. The molecule has 35 heavy (non-hydrogen) atoms. The van der Waals surface area contributed by atoms with E-state index in [-0.39, 0.29) is 36.9 Å². The lowest BCUT2D eigenvalue weighted by Gasteiger charge is -2.38. The lowest BCUT2D eigenvalue weighted by atomic mass is 10.1. The van der Waals surface area contributed by atoms with Crippen molar-refractivity contribution in [3.63, 3.8) is 0 Å². The molecule has 1 atom stereocenters. The second-order valence-electron chi connectivity index (χ2n) is 8.70. The van der Waals surface area contributed by atoms with E-state index < -0.39 is 16.1 Å². The predicted octanol–water partition coefficient (Wildman–Crippen LogP) is 3.06. The van der Waals surface area contributed by atoms with Crippen LogP contribution in [-0.2, 0) is 21.2 Å². The number of para-hydroxylation sites is 1. The molecule has 180 valence electrons. The van der Waals surface area contributed by atoms with E-state index in [0.717, 1.165) is 16.5 Å². The molecular formula is C25H25N5O4S. The molecule has 9 nitrogen and oxygen atoms in total. The van der Waals surface area contributed by atoms with Crippen LogP contribution in [-0.4, -0.2) is 64.3 Å². The Hall–Kier alpha value is -3.63. The Morgan fingerprint density at radius 1 is 1.11 bits per heavy atom. The van der Waals surface area contributed by atoms with Gasteiger partial charge in [0.25, 0.3) is 5.89 Å². The molecule has 0 spiro atoms. The zero-order chi connectivity index (χ0) is 24.6. The summed E-state index contributed by atoms with van der Waals surface area (Å²) in [5.74, 6) is 0.498. The van der Waals surface area contributed by atoms with Crippen molar-refractivity contribution in [3.05, 3.63) is 72.2 Å². The Labute approximate surface area is 203 Å². The first-order valence-corrected chi connectivity index (χ1v) is 12.8. The number of amides is 1. The minimum Gasteiger partial charge on any atom is -0.339 e. The summed E-state index contributed by atoms with van der Waals surface area (Å²) in [5.41, 5.74) is 2.31. The van der Waals surface area contributed by atoms with Crippen LogP contribution in [0.15, 0.2) is 70.2 Å². The molecule has 10 heteroatoms. The van der Waals surface area contributed by atoms with Gasteiger partial charge in [0.1, 0.15) is 4.90 Å². The quantitative estimate of drug-likeness (QED) is 0.422. The minimum atomic E-state index is -3.78. The number of carbonyl (C=O) groups is 1. The maximum Gasteiger partial charge on any atom is 0.257 e. The molecule has 0 bridgehead atoms. The second-order valence-corrected chi connectivity index (χ2v) is 10.6. The van der Waals surface area contributed by atoms with Crippen molar-refractivity contribution in [1.29, 1.82) is 0 Å².